The Morgan fingerprint density at radius 1 is 1.21 bits per heavy atom. The number of aromatic nitrogens is 1. The maximum absolute atomic E-state index is 13.5. The van der Waals surface area contributed by atoms with E-state index in [1.54, 1.807) is 0 Å². The van der Waals surface area contributed by atoms with E-state index in [1.807, 2.05) is 0 Å². The van der Waals surface area contributed by atoms with Crippen molar-refractivity contribution in [3.63, 3.8) is 0 Å². The second-order valence-electron chi connectivity index (χ2n) is 6.24. The molecule has 0 aliphatic heterocycles. The maximum atomic E-state index is 13.5. The van der Waals surface area contributed by atoms with Crippen LogP contribution in [0.5, 0.6) is 0 Å². The minimum Gasteiger partial charge on any atom is -0.478 e. The molecule has 0 bridgehead atoms. The highest BCUT2D eigenvalue weighted by atomic mass is 19.4. The zero-order chi connectivity index (χ0) is 18.3. The van der Waals surface area contributed by atoms with Crippen molar-refractivity contribution in [3.05, 3.63) is 28.1 Å². The van der Waals surface area contributed by atoms with Gasteiger partial charge in [-0.2, -0.15) is 13.2 Å². The monoisotopic (exact) mass is 351 g/mol. The number of aryl methyl sites for hydroxylation is 1. The van der Waals surface area contributed by atoms with Crippen molar-refractivity contribution in [1.29, 1.82) is 0 Å². The molecule has 0 spiro atoms. The Morgan fingerprint density at radius 2 is 1.83 bits per heavy atom. The van der Waals surface area contributed by atoms with E-state index in [-0.39, 0.29) is 37.1 Å². The van der Waals surface area contributed by atoms with Gasteiger partial charge in [-0.15, -0.1) is 0 Å². The average Bonchev–Trinajstić information content (AvgIpc) is 2.56. The first-order valence-corrected chi connectivity index (χ1v) is 7.63. The summed E-state index contributed by atoms with van der Waals surface area (Å²) in [4.78, 5) is 15.4. The van der Waals surface area contributed by atoms with E-state index in [2.05, 4.69) is 4.98 Å². The number of hydrogen-bond donors (Lipinski definition) is 1. The molecule has 1 aliphatic carbocycles. The molecule has 1 fully saturated rings. The highest BCUT2D eigenvalue weighted by molar-refractivity contribution is 5.91. The number of carbonyl (C=O) groups is 1. The molecule has 1 aromatic heterocycles. The standard InChI is InChI=1S/C16H18F5NO2/c1-8-11(14(23)24)13(22-9(2)12(8)16(19,20)21)10-4-3-6-15(17,18)7-5-10/h10H,3-7H2,1-2H3,(H,23,24). The molecule has 0 aromatic carbocycles. The number of aromatic carboxylic acids is 1. The predicted molar refractivity (Wildman–Crippen MR) is 76.4 cm³/mol. The van der Waals surface area contributed by atoms with Gasteiger partial charge in [0.25, 0.3) is 0 Å². The fraction of sp³-hybridized carbons (Fsp3) is 0.625. The van der Waals surface area contributed by atoms with Crippen molar-refractivity contribution >= 4 is 5.97 Å². The molecule has 1 heterocycles. The summed E-state index contributed by atoms with van der Waals surface area (Å²) < 4.78 is 66.5. The topological polar surface area (TPSA) is 50.2 Å². The number of hydrogen-bond acceptors (Lipinski definition) is 2. The summed E-state index contributed by atoms with van der Waals surface area (Å²) in [7, 11) is 0. The number of carboxylic acid groups (broad SMARTS) is 1. The van der Waals surface area contributed by atoms with Gasteiger partial charge in [0.05, 0.1) is 22.5 Å². The third-order valence-corrected chi connectivity index (χ3v) is 4.49. The lowest BCUT2D eigenvalue weighted by Crippen LogP contribution is -2.20. The van der Waals surface area contributed by atoms with E-state index in [1.165, 1.54) is 0 Å². The number of halogens is 5. The van der Waals surface area contributed by atoms with E-state index >= 15 is 0 Å². The smallest absolute Gasteiger partial charge is 0.418 e. The minimum atomic E-state index is -4.72. The highest BCUT2D eigenvalue weighted by Gasteiger charge is 2.40. The van der Waals surface area contributed by atoms with Crippen LogP contribution in [-0.2, 0) is 6.18 Å². The quantitative estimate of drug-likeness (QED) is 0.596. The summed E-state index contributed by atoms with van der Waals surface area (Å²) in [5.74, 6) is -4.92. The Hall–Kier alpha value is -1.73. The third kappa shape index (κ3) is 3.67. The van der Waals surface area contributed by atoms with Crippen LogP contribution in [0.4, 0.5) is 22.0 Å². The Morgan fingerprint density at radius 3 is 2.38 bits per heavy atom. The molecule has 0 radical (unpaired) electrons. The molecule has 1 aliphatic rings. The first-order valence-electron chi connectivity index (χ1n) is 7.63. The maximum Gasteiger partial charge on any atom is 0.418 e. The molecule has 1 atom stereocenters. The molecule has 0 amide bonds. The molecule has 24 heavy (non-hydrogen) atoms. The minimum absolute atomic E-state index is 0.00449. The zero-order valence-electron chi connectivity index (χ0n) is 13.3. The fourth-order valence-corrected chi connectivity index (χ4v) is 3.40. The van der Waals surface area contributed by atoms with Crippen LogP contribution in [0.2, 0.25) is 0 Å². The van der Waals surface area contributed by atoms with Crippen LogP contribution in [0.3, 0.4) is 0 Å². The van der Waals surface area contributed by atoms with Crippen molar-refractivity contribution in [2.24, 2.45) is 0 Å². The van der Waals surface area contributed by atoms with Crippen molar-refractivity contribution in [3.8, 4) is 0 Å². The summed E-state index contributed by atoms with van der Waals surface area (Å²) in [6, 6.07) is 0. The van der Waals surface area contributed by atoms with Crippen LogP contribution in [0, 0.1) is 13.8 Å². The van der Waals surface area contributed by atoms with Gasteiger partial charge < -0.3 is 5.11 Å². The van der Waals surface area contributed by atoms with Crippen molar-refractivity contribution < 1.29 is 31.9 Å². The SMILES string of the molecule is Cc1nc(C2CCCC(F)(F)CC2)c(C(=O)O)c(C)c1C(F)(F)F. The molecule has 3 nitrogen and oxygen atoms in total. The molecular formula is C16H18F5NO2. The molecule has 0 saturated heterocycles. The Labute approximate surface area is 135 Å². The molecule has 2 rings (SSSR count). The average molecular weight is 351 g/mol. The van der Waals surface area contributed by atoms with Gasteiger partial charge in [0.1, 0.15) is 0 Å². The third-order valence-electron chi connectivity index (χ3n) is 4.49. The Balaban J connectivity index is 2.56. The van der Waals surface area contributed by atoms with Gasteiger partial charge >= 0.3 is 12.1 Å². The summed E-state index contributed by atoms with van der Waals surface area (Å²) in [6.45, 7) is 2.26. The van der Waals surface area contributed by atoms with Crippen LogP contribution in [0.15, 0.2) is 0 Å². The highest BCUT2D eigenvalue weighted by Crippen LogP contribution is 2.42. The van der Waals surface area contributed by atoms with Crippen LogP contribution in [0.1, 0.15) is 70.9 Å². The van der Waals surface area contributed by atoms with E-state index in [0.717, 1.165) is 13.8 Å². The summed E-state index contributed by atoms with van der Waals surface area (Å²) in [5.41, 5.74) is -2.32. The number of alkyl halides is 5. The molecule has 1 aromatic rings. The molecule has 8 heteroatoms. The number of pyridine rings is 1. The van der Waals surface area contributed by atoms with Gasteiger partial charge in [-0.3, -0.25) is 4.98 Å². The molecule has 134 valence electrons. The van der Waals surface area contributed by atoms with Crippen LogP contribution >= 0.6 is 0 Å². The van der Waals surface area contributed by atoms with Gasteiger partial charge in [-0.05, 0) is 38.7 Å². The van der Waals surface area contributed by atoms with E-state index in [9.17, 15) is 31.9 Å². The van der Waals surface area contributed by atoms with E-state index < -0.39 is 47.1 Å². The van der Waals surface area contributed by atoms with Gasteiger partial charge in [0.2, 0.25) is 5.92 Å². The van der Waals surface area contributed by atoms with Crippen LogP contribution in [0.25, 0.3) is 0 Å². The zero-order valence-corrected chi connectivity index (χ0v) is 13.3. The second kappa shape index (κ2) is 6.29. The van der Waals surface area contributed by atoms with Crippen molar-refractivity contribution in [2.75, 3.05) is 0 Å². The molecule has 1 N–H and O–H groups in total. The lowest BCUT2D eigenvalue weighted by Gasteiger charge is -2.22. The van der Waals surface area contributed by atoms with Gasteiger partial charge in [0, 0.05) is 18.8 Å². The largest absolute Gasteiger partial charge is 0.478 e. The van der Waals surface area contributed by atoms with Gasteiger partial charge in [-0.1, -0.05) is 0 Å². The van der Waals surface area contributed by atoms with Gasteiger partial charge in [0.15, 0.2) is 0 Å². The van der Waals surface area contributed by atoms with Gasteiger partial charge in [-0.25, -0.2) is 13.6 Å². The first-order chi connectivity index (χ1) is 10.9. The Kier molecular flexibility index (Phi) is 4.88. The summed E-state index contributed by atoms with van der Waals surface area (Å²) in [6.07, 6.45) is -4.97. The molecule has 1 unspecified atom stereocenters. The summed E-state index contributed by atoms with van der Waals surface area (Å²) >= 11 is 0. The molecule has 1 saturated carbocycles. The second-order valence-corrected chi connectivity index (χ2v) is 6.24. The van der Waals surface area contributed by atoms with E-state index in [4.69, 9.17) is 0 Å². The summed E-state index contributed by atoms with van der Waals surface area (Å²) in [5, 5.41) is 9.38. The van der Waals surface area contributed by atoms with Crippen LogP contribution < -0.4 is 0 Å². The number of rotatable bonds is 2. The number of carboxylic acids is 1. The van der Waals surface area contributed by atoms with Crippen LogP contribution in [-0.4, -0.2) is 22.0 Å². The first kappa shape index (κ1) is 18.6. The fourth-order valence-electron chi connectivity index (χ4n) is 3.40. The molecular weight excluding hydrogens is 333 g/mol. The van der Waals surface area contributed by atoms with Crippen molar-refractivity contribution in [1.82, 2.24) is 4.98 Å². The van der Waals surface area contributed by atoms with E-state index in [0.29, 0.717) is 0 Å². The Bertz CT molecular complexity index is 655. The lowest BCUT2D eigenvalue weighted by atomic mass is 9.88. The number of nitrogens with zero attached hydrogens (tertiary/aromatic N) is 1. The predicted octanol–water partition coefficient (Wildman–Crippen LogP) is 5.10. The van der Waals surface area contributed by atoms with Crippen molar-refractivity contribution in [2.45, 2.75) is 64.0 Å². The normalized spacial score (nSPS) is 21.4. The lowest BCUT2D eigenvalue weighted by molar-refractivity contribution is -0.138.